The van der Waals surface area contributed by atoms with Crippen LogP contribution in [0.5, 0.6) is 0 Å². The van der Waals surface area contributed by atoms with Gasteiger partial charge in [0, 0.05) is 6.54 Å². The van der Waals surface area contributed by atoms with E-state index in [0.717, 1.165) is 0 Å². The van der Waals surface area contributed by atoms with Crippen LogP contribution in [0.2, 0.25) is 0 Å². The number of amides is 1. The Morgan fingerprint density at radius 1 is 1.59 bits per heavy atom. The molecule has 2 atom stereocenters. The lowest BCUT2D eigenvalue weighted by atomic mass is 10.0. The van der Waals surface area contributed by atoms with Gasteiger partial charge in [0.1, 0.15) is 11.6 Å². The molecule has 5 heteroatoms. The number of β-lactam (4-membered cyclic amide) rings is 1. The largest absolute Gasteiger partial charge is 0.458 e. The molecule has 0 aromatic carbocycles. The molecule has 0 saturated carbocycles. The van der Waals surface area contributed by atoms with Gasteiger partial charge < -0.3 is 15.4 Å². The molecule has 1 fully saturated rings. The lowest BCUT2D eigenvalue weighted by molar-refractivity contribution is -0.167. The molecule has 1 aliphatic heterocycles. The topological polar surface area (TPSA) is 72.6 Å². The standard InChI is InChI=1S/C12H20N2O3/c1-7(2)9(11(16)17-12(3,4)5)14-6-8(13)10(14)15/h8-9H,1,6,13H2,2-5H3. The number of ether oxygens (including phenoxy) is 1. The molecule has 17 heavy (non-hydrogen) atoms. The van der Waals surface area contributed by atoms with Gasteiger partial charge in [0.2, 0.25) is 5.91 Å². The number of likely N-dealkylation sites (tertiary alicyclic amines) is 1. The highest BCUT2D eigenvalue weighted by Crippen LogP contribution is 2.21. The van der Waals surface area contributed by atoms with Crippen molar-refractivity contribution in [3.05, 3.63) is 12.2 Å². The maximum absolute atomic E-state index is 12.0. The van der Waals surface area contributed by atoms with Gasteiger partial charge in [-0.25, -0.2) is 4.79 Å². The summed E-state index contributed by atoms with van der Waals surface area (Å²) in [4.78, 5) is 24.9. The summed E-state index contributed by atoms with van der Waals surface area (Å²) in [7, 11) is 0. The quantitative estimate of drug-likeness (QED) is 0.441. The van der Waals surface area contributed by atoms with Gasteiger partial charge in [-0.15, -0.1) is 0 Å². The first-order valence-electron chi connectivity index (χ1n) is 5.58. The minimum absolute atomic E-state index is 0.233. The van der Waals surface area contributed by atoms with E-state index in [1.807, 2.05) is 0 Å². The predicted octanol–water partition coefficient (Wildman–Crippen LogP) is 0.442. The average Bonchev–Trinajstić information content (AvgIpc) is 2.13. The number of carbonyl (C=O) groups excluding carboxylic acids is 2. The monoisotopic (exact) mass is 240 g/mol. The van der Waals surface area contributed by atoms with Crippen molar-refractivity contribution in [1.82, 2.24) is 4.90 Å². The normalized spacial score (nSPS) is 21.8. The number of nitrogens with zero attached hydrogens (tertiary/aromatic N) is 1. The summed E-state index contributed by atoms with van der Waals surface area (Å²) in [5, 5.41) is 0. The Morgan fingerprint density at radius 2 is 2.12 bits per heavy atom. The highest BCUT2D eigenvalue weighted by molar-refractivity contribution is 5.93. The fourth-order valence-electron chi connectivity index (χ4n) is 1.67. The molecule has 1 rings (SSSR count). The molecule has 2 unspecified atom stereocenters. The van der Waals surface area contributed by atoms with Crippen molar-refractivity contribution >= 4 is 11.9 Å². The van der Waals surface area contributed by atoms with Crippen molar-refractivity contribution in [1.29, 1.82) is 0 Å². The Kier molecular flexibility index (Phi) is 3.62. The Hall–Kier alpha value is -1.36. The van der Waals surface area contributed by atoms with E-state index in [1.165, 1.54) is 4.90 Å². The molecule has 0 bridgehead atoms. The second kappa shape index (κ2) is 4.49. The second-order valence-corrected chi connectivity index (χ2v) is 5.38. The van der Waals surface area contributed by atoms with E-state index in [2.05, 4.69) is 6.58 Å². The highest BCUT2D eigenvalue weighted by atomic mass is 16.6. The summed E-state index contributed by atoms with van der Waals surface area (Å²) < 4.78 is 5.27. The van der Waals surface area contributed by atoms with Gasteiger partial charge in [0.25, 0.3) is 0 Å². The van der Waals surface area contributed by atoms with Gasteiger partial charge in [-0.05, 0) is 33.3 Å². The summed E-state index contributed by atoms with van der Waals surface area (Å²) in [5.41, 5.74) is 5.51. The molecule has 0 spiro atoms. The molecule has 0 aliphatic carbocycles. The van der Waals surface area contributed by atoms with Crippen LogP contribution < -0.4 is 5.73 Å². The van der Waals surface area contributed by atoms with Crippen molar-refractivity contribution in [3.63, 3.8) is 0 Å². The summed E-state index contributed by atoms with van der Waals surface area (Å²) in [5.74, 6) is -0.686. The fraction of sp³-hybridized carbons (Fsp3) is 0.667. The van der Waals surface area contributed by atoms with E-state index in [-0.39, 0.29) is 5.91 Å². The predicted molar refractivity (Wildman–Crippen MR) is 64.1 cm³/mol. The molecule has 1 saturated heterocycles. The number of esters is 1. The van der Waals surface area contributed by atoms with Gasteiger partial charge in [-0.1, -0.05) is 6.58 Å². The van der Waals surface area contributed by atoms with E-state index >= 15 is 0 Å². The zero-order chi connectivity index (χ0) is 13.4. The first kappa shape index (κ1) is 13.7. The van der Waals surface area contributed by atoms with Gasteiger partial charge in [-0.3, -0.25) is 4.79 Å². The molecule has 5 nitrogen and oxygen atoms in total. The number of carbonyl (C=O) groups is 2. The Balaban J connectivity index is 2.78. The molecular weight excluding hydrogens is 220 g/mol. The zero-order valence-corrected chi connectivity index (χ0v) is 10.8. The minimum Gasteiger partial charge on any atom is -0.458 e. The van der Waals surface area contributed by atoms with Crippen LogP contribution in [0.25, 0.3) is 0 Å². The number of hydrogen-bond donors (Lipinski definition) is 1. The fourth-order valence-corrected chi connectivity index (χ4v) is 1.67. The van der Waals surface area contributed by atoms with Crippen molar-refractivity contribution in [3.8, 4) is 0 Å². The molecule has 1 amide bonds. The van der Waals surface area contributed by atoms with Gasteiger partial charge >= 0.3 is 5.97 Å². The highest BCUT2D eigenvalue weighted by Gasteiger charge is 2.43. The average molecular weight is 240 g/mol. The first-order valence-corrected chi connectivity index (χ1v) is 5.58. The third-order valence-electron chi connectivity index (χ3n) is 2.40. The van der Waals surface area contributed by atoms with Crippen molar-refractivity contribution in [2.45, 2.75) is 45.4 Å². The van der Waals surface area contributed by atoms with Crippen LogP contribution in [-0.2, 0) is 14.3 Å². The molecule has 96 valence electrons. The van der Waals surface area contributed by atoms with E-state index in [0.29, 0.717) is 12.1 Å². The molecule has 0 radical (unpaired) electrons. The summed E-state index contributed by atoms with van der Waals surface area (Å²) in [6, 6.07) is -1.22. The van der Waals surface area contributed by atoms with E-state index < -0.39 is 23.7 Å². The number of hydrogen-bond acceptors (Lipinski definition) is 4. The van der Waals surface area contributed by atoms with Crippen LogP contribution in [0.4, 0.5) is 0 Å². The first-order chi connectivity index (χ1) is 7.63. The maximum atomic E-state index is 12.0. The third kappa shape index (κ3) is 3.06. The molecule has 1 aliphatic rings. The lowest BCUT2D eigenvalue weighted by Gasteiger charge is -2.41. The molecule has 0 aromatic rings. The minimum atomic E-state index is -0.721. The van der Waals surface area contributed by atoms with Gasteiger partial charge in [-0.2, -0.15) is 0 Å². The van der Waals surface area contributed by atoms with E-state index in [4.69, 9.17) is 10.5 Å². The van der Waals surface area contributed by atoms with Crippen LogP contribution in [-0.4, -0.2) is 41.0 Å². The maximum Gasteiger partial charge on any atom is 0.333 e. The van der Waals surface area contributed by atoms with Crippen LogP contribution in [0, 0.1) is 0 Å². The number of nitrogens with two attached hydrogens (primary N) is 1. The smallest absolute Gasteiger partial charge is 0.333 e. The SMILES string of the molecule is C=C(C)C(C(=O)OC(C)(C)C)N1CC(N)C1=O. The van der Waals surface area contributed by atoms with Crippen molar-refractivity contribution in [2.75, 3.05) is 6.54 Å². The van der Waals surface area contributed by atoms with Crippen LogP contribution in [0.1, 0.15) is 27.7 Å². The molecular formula is C12H20N2O3. The molecule has 2 N–H and O–H groups in total. The van der Waals surface area contributed by atoms with Crippen molar-refractivity contribution < 1.29 is 14.3 Å². The van der Waals surface area contributed by atoms with Crippen LogP contribution in [0.3, 0.4) is 0 Å². The van der Waals surface area contributed by atoms with Gasteiger partial charge in [0.05, 0.1) is 0 Å². The molecule has 1 heterocycles. The van der Waals surface area contributed by atoms with Crippen LogP contribution >= 0.6 is 0 Å². The van der Waals surface area contributed by atoms with Crippen molar-refractivity contribution in [2.24, 2.45) is 5.73 Å². The lowest BCUT2D eigenvalue weighted by Crippen LogP contribution is -2.66. The van der Waals surface area contributed by atoms with Gasteiger partial charge in [0.15, 0.2) is 6.04 Å². The van der Waals surface area contributed by atoms with E-state index in [1.54, 1.807) is 27.7 Å². The summed E-state index contributed by atoms with van der Waals surface area (Å²) in [6.07, 6.45) is 0. The Bertz CT molecular complexity index is 357. The Labute approximate surface area is 102 Å². The van der Waals surface area contributed by atoms with Crippen LogP contribution in [0.15, 0.2) is 12.2 Å². The Morgan fingerprint density at radius 3 is 2.41 bits per heavy atom. The van der Waals surface area contributed by atoms with E-state index in [9.17, 15) is 9.59 Å². The zero-order valence-electron chi connectivity index (χ0n) is 10.8. The molecule has 0 aromatic heterocycles. The summed E-state index contributed by atoms with van der Waals surface area (Å²) in [6.45, 7) is 11.1. The number of rotatable bonds is 3. The third-order valence-corrected chi connectivity index (χ3v) is 2.40. The summed E-state index contributed by atoms with van der Waals surface area (Å²) >= 11 is 0. The second-order valence-electron chi connectivity index (χ2n) is 5.38.